The Balaban J connectivity index is 2.94. The molecule has 0 fully saturated rings. The van der Waals surface area contributed by atoms with E-state index in [0.717, 1.165) is 6.07 Å². The largest absolute Gasteiger partial charge is 0.508 e. The minimum Gasteiger partial charge on any atom is -0.508 e. The van der Waals surface area contributed by atoms with Crippen LogP contribution in [0.15, 0.2) is 24.3 Å². The van der Waals surface area contributed by atoms with E-state index in [1.54, 1.807) is 0 Å². The van der Waals surface area contributed by atoms with Gasteiger partial charge in [0.25, 0.3) is 5.91 Å². The van der Waals surface area contributed by atoms with Gasteiger partial charge in [0.15, 0.2) is 0 Å². The van der Waals surface area contributed by atoms with Crippen LogP contribution in [0.25, 0.3) is 0 Å². The quantitative estimate of drug-likeness (QED) is 0.680. The third kappa shape index (κ3) is 3.78. The molecule has 3 N–H and O–H groups in total. The second-order valence-electron chi connectivity index (χ2n) is 3.50. The fourth-order valence-corrected chi connectivity index (χ4v) is 1.35. The molecule has 1 amide bonds. The van der Waals surface area contributed by atoms with E-state index in [1.807, 2.05) is 0 Å². The van der Waals surface area contributed by atoms with Gasteiger partial charge in [-0.25, -0.2) is 0 Å². The number of amides is 1. The lowest BCUT2D eigenvalue weighted by atomic mass is 10.2. The average molecular weight is 253 g/mol. The highest BCUT2D eigenvalue weighted by Crippen LogP contribution is 2.13. The van der Waals surface area contributed by atoms with E-state index in [1.165, 1.54) is 18.2 Å². The smallest absolute Gasteiger partial charge is 0.323 e. The molecule has 0 heterocycles. The molecular weight excluding hydrogens is 242 g/mol. The Morgan fingerprint density at radius 1 is 1.06 bits per heavy atom. The summed E-state index contributed by atoms with van der Waals surface area (Å²) in [5.41, 5.74) is 0.0255. The first-order chi connectivity index (χ1) is 8.40. The normalized spacial score (nSPS) is 9.78. The third-order valence-corrected chi connectivity index (χ3v) is 2.03. The van der Waals surface area contributed by atoms with Crippen LogP contribution in [-0.4, -0.2) is 51.2 Å². The first-order valence-corrected chi connectivity index (χ1v) is 4.92. The maximum atomic E-state index is 11.9. The number of carboxylic acid groups (broad SMARTS) is 2. The Morgan fingerprint density at radius 2 is 1.61 bits per heavy atom. The fourth-order valence-electron chi connectivity index (χ4n) is 1.35. The predicted molar refractivity (Wildman–Crippen MR) is 59.3 cm³/mol. The van der Waals surface area contributed by atoms with Crippen molar-refractivity contribution < 1.29 is 29.7 Å². The number of benzene rings is 1. The van der Waals surface area contributed by atoms with Crippen LogP contribution in [0.2, 0.25) is 0 Å². The standard InChI is InChI=1S/C11H11NO6/c13-8-3-1-2-7(4-8)11(18)12(5-9(14)15)6-10(16)17/h1-4,13H,5-6H2,(H,14,15)(H,16,17). The molecule has 0 aromatic heterocycles. The average Bonchev–Trinajstić information content (AvgIpc) is 2.26. The number of nitrogens with zero attached hydrogens (tertiary/aromatic N) is 1. The summed E-state index contributed by atoms with van der Waals surface area (Å²) in [6, 6.07) is 5.25. The van der Waals surface area contributed by atoms with Crippen LogP contribution in [0.3, 0.4) is 0 Å². The number of hydrogen-bond donors (Lipinski definition) is 3. The number of hydrogen-bond acceptors (Lipinski definition) is 4. The highest BCUT2D eigenvalue weighted by Gasteiger charge is 2.21. The second-order valence-corrected chi connectivity index (χ2v) is 3.50. The van der Waals surface area contributed by atoms with Crippen molar-refractivity contribution in [2.45, 2.75) is 0 Å². The van der Waals surface area contributed by atoms with Crippen LogP contribution in [0, 0.1) is 0 Å². The maximum Gasteiger partial charge on any atom is 0.323 e. The van der Waals surface area contributed by atoms with Gasteiger partial charge in [-0.05, 0) is 18.2 Å². The molecule has 0 saturated heterocycles. The lowest BCUT2D eigenvalue weighted by Crippen LogP contribution is -2.39. The van der Waals surface area contributed by atoms with E-state index in [9.17, 15) is 19.5 Å². The molecule has 96 valence electrons. The number of carbonyl (C=O) groups excluding carboxylic acids is 1. The fraction of sp³-hybridized carbons (Fsp3) is 0.182. The van der Waals surface area contributed by atoms with Gasteiger partial charge in [0, 0.05) is 5.56 Å². The lowest BCUT2D eigenvalue weighted by Gasteiger charge is -2.18. The third-order valence-electron chi connectivity index (χ3n) is 2.03. The molecule has 0 atom stereocenters. The molecule has 1 rings (SSSR count). The Hall–Kier alpha value is -2.57. The zero-order chi connectivity index (χ0) is 13.7. The van der Waals surface area contributed by atoms with Crippen LogP contribution in [0.5, 0.6) is 5.75 Å². The molecule has 7 heteroatoms. The number of rotatable bonds is 5. The molecule has 0 spiro atoms. The molecule has 7 nitrogen and oxygen atoms in total. The van der Waals surface area contributed by atoms with E-state index in [-0.39, 0.29) is 11.3 Å². The highest BCUT2D eigenvalue weighted by molar-refractivity contribution is 5.97. The van der Waals surface area contributed by atoms with Crippen molar-refractivity contribution >= 4 is 17.8 Å². The molecule has 1 aromatic carbocycles. The summed E-state index contributed by atoms with van der Waals surface area (Å²) in [4.78, 5) is 33.6. The highest BCUT2D eigenvalue weighted by atomic mass is 16.4. The van der Waals surface area contributed by atoms with E-state index < -0.39 is 30.9 Å². The summed E-state index contributed by atoms with van der Waals surface area (Å²) < 4.78 is 0. The number of aliphatic carboxylic acids is 2. The van der Waals surface area contributed by atoms with Gasteiger partial charge in [0.2, 0.25) is 0 Å². The van der Waals surface area contributed by atoms with Crippen LogP contribution in [-0.2, 0) is 9.59 Å². The minimum absolute atomic E-state index is 0.0255. The van der Waals surface area contributed by atoms with E-state index in [4.69, 9.17) is 10.2 Å². The van der Waals surface area contributed by atoms with Crippen molar-refractivity contribution in [3.05, 3.63) is 29.8 Å². The van der Waals surface area contributed by atoms with Gasteiger partial charge in [0.1, 0.15) is 18.8 Å². The summed E-state index contributed by atoms with van der Waals surface area (Å²) in [5, 5.41) is 26.4. The van der Waals surface area contributed by atoms with Gasteiger partial charge >= 0.3 is 11.9 Å². The SMILES string of the molecule is O=C(O)CN(CC(=O)O)C(=O)c1cccc(O)c1. The monoisotopic (exact) mass is 253 g/mol. The first-order valence-electron chi connectivity index (χ1n) is 4.92. The number of carboxylic acids is 2. The molecule has 0 aliphatic carbocycles. The van der Waals surface area contributed by atoms with Crippen molar-refractivity contribution in [1.29, 1.82) is 0 Å². The second kappa shape index (κ2) is 5.67. The molecular formula is C11H11NO6. The Labute approximate surface area is 102 Å². The molecule has 0 saturated carbocycles. The lowest BCUT2D eigenvalue weighted by molar-refractivity contribution is -0.140. The first kappa shape index (κ1) is 13.5. The summed E-state index contributed by atoms with van der Waals surface area (Å²) in [7, 11) is 0. The number of aromatic hydroxyl groups is 1. The van der Waals surface area contributed by atoms with E-state index in [0.29, 0.717) is 4.90 Å². The summed E-state index contributed by atoms with van der Waals surface area (Å²) >= 11 is 0. The van der Waals surface area contributed by atoms with E-state index in [2.05, 4.69) is 0 Å². The van der Waals surface area contributed by atoms with Gasteiger partial charge in [-0.1, -0.05) is 6.07 Å². The van der Waals surface area contributed by atoms with Crippen LogP contribution < -0.4 is 0 Å². The van der Waals surface area contributed by atoms with Crippen LogP contribution in [0.1, 0.15) is 10.4 Å². The molecule has 0 unspecified atom stereocenters. The Bertz CT molecular complexity index is 468. The van der Waals surface area contributed by atoms with Gasteiger partial charge in [-0.15, -0.1) is 0 Å². The maximum absolute atomic E-state index is 11.9. The number of carbonyl (C=O) groups is 3. The van der Waals surface area contributed by atoms with Crippen molar-refractivity contribution in [3.8, 4) is 5.75 Å². The van der Waals surface area contributed by atoms with Crippen molar-refractivity contribution in [3.63, 3.8) is 0 Å². The Morgan fingerprint density at radius 3 is 2.06 bits per heavy atom. The van der Waals surface area contributed by atoms with Gasteiger partial charge in [-0.3, -0.25) is 14.4 Å². The van der Waals surface area contributed by atoms with E-state index >= 15 is 0 Å². The zero-order valence-electron chi connectivity index (χ0n) is 9.24. The van der Waals surface area contributed by atoms with Crippen LogP contribution in [0.4, 0.5) is 0 Å². The molecule has 1 aromatic rings. The predicted octanol–water partition coefficient (Wildman–Crippen LogP) is 0.00360. The molecule has 0 radical (unpaired) electrons. The van der Waals surface area contributed by atoms with Crippen LogP contribution >= 0.6 is 0 Å². The molecule has 18 heavy (non-hydrogen) atoms. The molecule has 0 bridgehead atoms. The summed E-state index contributed by atoms with van der Waals surface area (Å²) in [6.07, 6.45) is 0. The molecule has 0 aliphatic rings. The zero-order valence-corrected chi connectivity index (χ0v) is 9.24. The van der Waals surface area contributed by atoms with Crippen molar-refractivity contribution in [1.82, 2.24) is 4.90 Å². The van der Waals surface area contributed by atoms with Crippen molar-refractivity contribution in [2.24, 2.45) is 0 Å². The topological polar surface area (TPSA) is 115 Å². The number of phenolic OH excluding ortho intramolecular Hbond substituents is 1. The van der Waals surface area contributed by atoms with Gasteiger partial charge < -0.3 is 20.2 Å². The van der Waals surface area contributed by atoms with Crippen molar-refractivity contribution in [2.75, 3.05) is 13.1 Å². The Kier molecular flexibility index (Phi) is 4.25. The summed E-state index contributed by atoms with van der Waals surface area (Å²) in [6.45, 7) is -1.44. The summed E-state index contributed by atoms with van der Waals surface area (Å²) in [5.74, 6) is -3.56. The number of phenols is 1. The van der Waals surface area contributed by atoms with Gasteiger partial charge in [0.05, 0.1) is 0 Å². The molecule has 0 aliphatic heterocycles. The minimum atomic E-state index is -1.32. The van der Waals surface area contributed by atoms with Gasteiger partial charge in [-0.2, -0.15) is 0 Å².